The molecule has 2 N–H and O–H groups in total. The molecule has 0 radical (unpaired) electrons. The molecule has 1 aromatic rings. The summed E-state index contributed by atoms with van der Waals surface area (Å²) >= 11 is 0. The molecule has 0 spiro atoms. The van der Waals surface area contributed by atoms with Crippen LogP contribution < -0.4 is 10.6 Å². The highest BCUT2D eigenvalue weighted by atomic mass is 127. The Hall–Kier alpha value is -0.860. The fourth-order valence-corrected chi connectivity index (χ4v) is 4.28. The van der Waals surface area contributed by atoms with E-state index < -0.39 is 0 Å². The second-order valence-electron chi connectivity index (χ2n) is 7.63. The van der Waals surface area contributed by atoms with Gasteiger partial charge < -0.3 is 15.4 Å². The maximum atomic E-state index is 5.24. The summed E-state index contributed by atoms with van der Waals surface area (Å²) in [6, 6.07) is 11.5. The molecule has 1 aliphatic carbocycles. The van der Waals surface area contributed by atoms with E-state index in [1.54, 1.807) is 7.11 Å². The lowest BCUT2D eigenvalue weighted by atomic mass is 9.64. The second kappa shape index (κ2) is 11.2. The predicted molar refractivity (Wildman–Crippen MR) is 123 cm³/mol. The van der Waals surface area contributed by atoms with Gasteiger partial charge in [-0.05, 0) is 37.8 Å². The zero-order valence-corrected chi connectivity index (χ0v) is 19.1. The van der Waals surface area contributed by atoms with E-state index in [4.69, 9.17) is 4.74 Å². The third-order valence-corrected chi connectivity index (χ3v) is 6.10. The third kappa shape index (κ3) is 5.81. The van der Waals surface area contributed by atoms with Crippen LogP contribution in [0.5, 0.6) is 0 Å². The zero-order chi connectivity index (χ0) is 18.2. The van der Waals surface area contributed by atoms with Gasteiger partial charge in [0.15, 0.2) is 5.96 Å². The topological polar surface area (TPSA) is 48.9 Å². The average molecular weight is 486 g/mol. The van der Waals surface area contributed by atoms with E-state index in [0.717, 1.165) is 32.2 Å². The number of methoxy groups -OCH3 is 1. The largest absolute Gasteiger partial charge is 0.383 e. The predicted octanol–water partition coefficient (Wildman–Crippen LogP) is 3.00. The Labute approximate surface area is 181 Å². The van der Waals surface area contributed by atoms with Gasteiger partial charge in [-0.3, -0.25) is 9.89 Å². The Kier molecular flexibility index (Phi) is 9.32. The van der Waals surface area contributed by atoms with Crippen LogP contribution in [0.2, 0.25) is 0 Å². The summed E-state index contributed by atoms with van der Waals surface area (Å²) in [5.41, 5.74) is 1.73. The van der Waals surface area contributed by atoms with Crippen LogP contribution in [0, 0.1) is 0 Å². The monoisotopic (exact) mass is 486 g/mol. The van der Waals surface area contributed by atoms with E-state index in [-0.39, 0.29) is 29.4 Å². The molecule has 0 aromatic heterocycles. The van der Waals surface area contributed by atoms with Crippen molar-refractivity contribution in [3.05, 3.63) is 35.9 Å². The number of ether oxygens (including phenoxy) is 1. The molecule has 0 amide bonds. The maximum Gasteiger partial charge on any atom is 0.191 e. The molecule has 1 aromatic carbocycles. The van der Waals surface area contributed by atoms with E-state index >= 15 is 0 Å². The molecule has 3 rings (SSSR count). The lowest BCUT2D eigenvalue weighted by Crippen LogP contribution is -2.51. The van der Waals surface area contributed by atoms with Gasteiger partial charge in [0.2, 0.25) is 0 Å². The van der Waals surface area contributed by atoms with Gasteiger partial charge in [0.05, 0.1) is 6.61 Å². The fourth-order valence-electron chi connectivity index (χ4n) is 4.28. The summed E-state index contributed by atoms with van der Waals surface area (Å²) in [7, 11) is 3.64. The molecular formula is C21H35IN4O. The molecule has 27 heavy (non-hydrogen) atoms. The summed E-state index contributed by atoms with van der Waals surface area (Å²) in [6.07, 6.45) is 6.36. The molecule has 1 heterocycles. The summed E-state index contributed by atoms with van der Waals surface area (Å²) in [4.78, 5) is 6.97. The summed E-state index contributed by atoms with van der Waals surface area (Å²) in [5, 5.41) is 7.13. The van der Waals surface area contributed by atoms with Crippen LogP contribution in [0.3, 0.4) is 0 Å². The van der Waals surface area contributed by atoms with Crippen molar-refractivity contribution in [1.82, 2.24) is 15.5 Å². The lowest BCUT2D eigenvalue weighted by molar-refractivity contribution is 0.141. The average Bonchev–Trinajstić information content (AvgIpc) is 3.09. The van der Waals surface area contributed by atoms with Crippen molar-refractivity contribution in [3.8, 4) is 0 Å². The van der Waals surface area contributed by atoms with E-state index in [1.165, 1.54) is 44.2 Å². The number of hydrogen-bond donors (Lipinski definition) is 2. The molecule has 1 atom stereocenters. The summed E-state index contributed by atoms with van der Waals surface area (Å²) in [6.45, 7) is 4.91. The molecule has 1 unspecified atom stereocenters. The van der Waals surface area contributed by atoms with Gasteiger partial charge in [0.1, 0.15) is 0 Å². The minimum atomic E-state index is 0. The van der Waals surface area contributed by atoms with Gasteiger partial charge >= 0.3 is 0 Å². The highest BCUT2D eigenvalue weighted by Crippen LogP contribution is 2.43. The first-order valence-corrected chi connectivity index (χ1v) is 10.0. The molecule has 2 fully saturated rings. The van der Waals surface area contributed by atoms with E-state index in [1.807, 2.05) is 7.05 Å². The molecule has 1 aliphatic heterocycles. The van der Waals surface area contributed by atoms with Crippen molar-refractivity contribution >= 4 is 29.9 Å². The normalized spacial score (nSPS) is 22.0. The van der Waals surface area contributed by atoms with E-state index in [9.17, 15) is 0 Å². The zero-order valence-electron chi connectivity index (χ0n) is 16.7. The van der Waals surface area contributed by atoms with Crippen LogP contribution in [0.25, 0.3) is 0 Å². The minimum absolute atomic E-state index is 0. The van der Waals surface area contributed by atoms with Crippen molar-refractivity contribution < 1.29 is 4.74 Å². The molecule has 1 saturated heterocycles. The van der Waals surface area contributed by atoms with Gasteiger partial charge in [-0.25, -0.2) is 0 Å². The van der Waals surface area contributed by atoms with Gasteiger partial charge in [-0.2, -0.15) is 0 Å². The summed E-state index contributed by atoms with van der Waals surface area (Å²) < 4.78 is 5.24. The Morgan fingerprint density at radius 2 is 2.00 bits per heavy atom. The molecule has 1 saturated carbocycles. The Balaban J connectivity index is 0.00000261. The van der Waals surface area contributed by atoms with Crippen molar-refractivity contribution in [2.45, 2.75) is 43.6 Å². The molecule has 2 aliphatic rings. The Morgan fingerprint density at radius 1 is 1.22 bits per heavy atom. The maximum absolute atomic E-state index is 5.24. The third-order valence-electron chi connectivity index (χ3n) is 6.10. The number of hydrogen-bond acceptors (Lipinski definition) is 3. The first-order chi connectivity index (χ1) is 12.8. The van der Waals surface area contributed by atoms with Gasteiger partial charge in [-0.1, -0.05) is 36.8 Å². The number of nitrogens with one attached hydrogen (secondary N) is 2. The smallest absolute Gasteiger partial charge is 0.191 e. The standard InChI is InChI=1S/C21H34N4O.HI/c1-22-20(23-16-19-10-6-13-25(19)14-15-26-2)24-17-21(11-7-12-21)18-8-4-3-5-9-18;/h3-5,8-9,19H,6-7,10-17H2,1-2H3,(H2,22,23,24);1H. The van der Waals surface area contributed by atoms with E-state index in [2.05, 4.69) is 50.9 Å². The van der Waals surface area contributed by atoms with E-state index in [0.29, 0.717) is 6.04 Å². The van der Waals surface area contributed by atoms with Gasteiger partial charge in [0, 0.05) is 45.2 Å². The van der Waals surface area contributed by atoms with Crippen LogP contribution in [-0.2, 0) is 10.2 Å². The van der Waals surface area contributed by atoms with Crippen LogP contribution in [0.1, 0.15) is 37.7 Å². The molecule has 152 valence electrons. The summed E-state index contributed by atoms with van der Waals surface area (Å²) in [5.74, 6) is 0.922. The number of halogens is 1. The van der Waals surface area contributed by atoms with Gasteiger partial charge in [0.25, 0.3) is 0 Å². The highest BCUT2D eigenvalue weighted by Gasteiger charge is 2.38. The number of nitrogens with zero attached hydrogens (tertiary/aromatic N) is 2. The Morgan fingerprint density at radius 3 is 2.63 bits per heavy atom. The minimum Gasteiger partial charge on any atom is -0.383 e. The second-order valence-corrected chi connectivity index (χ2v) is 7.63. The Bertz CT molecular complexity index is 577. The van der Waals surface area contributed by atoms with Crippen molar-refractivity contribution in [2.75, 3.05) is 46.9 Å². The number of benzene rings is 1. The molecule has 5 nitrogen and oxygen atoms in total. The fraction of sp³-hybridized carbons (Fsp3) is 0.667. The molecular weight excluding hydrogens is 451 g/mol. The quantitative estimate of drug-likeness (QED) is 0.337. The molecule has 0 bridgehead atoms. The van der Waals surface area contributed by atoms with Crippen LogP contribution >= 0.6 is 24.0 Å². The number of aliphatic imine (C=N–C) groups is 1. The highest BCUT2D eigenvalue weighted by molar-refractivity contribution is 14.0. The van der Waals surface area contributed by atoms with Crippen molar-refractivity contribution in [2.24, 2.45) is 4.99 Å². The van der Waals surface area contributed by atoms with Crippen LogP contribution in [0.4, 0.5) is 0 Å². The molecule has 6 heteroatoms. The van der Waals surface area contributed by atoms with Crippen molar-refractivity contribution in [3.63, 3.8) is 0 Å². The number of likely N-dealkylation sites (tertiary alicyclic amines) is 1. The first-order valence-electron chi connectivity index (χ1n) is 10.0. The number of rotatable bonds is 8. The lowest BCUT2D eigenvalue weighted by Gasteiger charge is -2.43. The number of guanidine groups is 1. The van der Waals surface area contributed by atoms with Crippen LogP contribution in [0.15, 0.2) is 35.3 Å². The van der Waals surface area contributed by atoms with Gasteiger partial charge in [-0.15, -0.1) is 24.0 Å². The van der Waals surface area contributed by atoms with Crippen molar-refractivity contribution in [1.29, 1.82) is 0 Å². The first kappa shape index (κ1) is 22.4. The van der Waals surface area contributed by atoms with Crippen LogP contribution in [-0.4, -0.2) is 63.8 Å². The SMILES string of the molecule is CN=C(NCC1CCCN1CCOC)NCC1(c2ccccc2)CCC1.I.